The zero-order chi connectivity index (χ0) is 10.6. The number of hydrogen-bond donors (Lipinski definition) is 0. The number of fused-ring (bicyclic) bond motifs is 1. The Labute approximate surface area is 84.6 Å². The molecule has 1 heterocycles. The van der Waals surface area contributed by atoms with Crippen LogP contribution in [-0.2, 0) is 9.53 Å². The van der Waals surface area contributed by atoms with E-state index in [1.165, 1.54) is 5.57 Å². The molecule has 1 aliphatic heterocycles. The van der Waals surface area contributed by atoms with Crippen LogP contribution in [0, 0.1) is 5.41 Å². The van der Waals surface area contributed by atoms with Gasteiger partial charge >= 0.3 is 0 Å². The molecule has 0 aromatic carbocycles. The van der Waals surface area contributed by atoms with E-state index in [2.05, 4.69) is 27.7 Å². The first kappa shape index (κ1) is 9.50. The van der Waals surface area contributed by atoms with E-state index >= 15 is 0 Å². The second-order valence-electron chi connectivity index (χ2n) is 5.03. The SMILES string of the molecule is CC1(C)OC2=CC(=O)CC=C2C1(C)C. The second-order valence-corrected chi connectivity index (χ2v) is 5.03. The zero-order valence-corrected chi connectivity index (χ0v) is 9.18. The Hall–Kier alpha value is -1.05. The highest BCUT2D eigenvalue weighted by atomic mass is 16.5. The van der Waals surface area contributed by atoms with Crippen LogP contribution in [0.5, 0.6) is 0 Å². The van der Waals surface area contributed by atoms with Gasteiger partial charge in [0, 0.05) is 23.5 Å². The van der Waals surface area contributed by atoms with Crippen molar-refractivity contribution in [3.05, 3.63) is 23.5 Å². The van der Waals surface area contributed by atoms with E-state index in [0.717, 1.165) is 5.76 Å². The lowest BCUT2D eigenvalue weighted by molar-refractivity contribution is -0.114. The molecular formula is C12H16O2. The smallest absolute Gasteiger partial charge is 0.163 e. The third-order valence-corrected chi connectivity index (χ3v) is 3.61. The predicted octanol–water partition coefficient (Wildman–Crippen LogP) is 2.60. The molecule has 76 valence electrons. The molecule has 2 heteroatoms. The molecule has 0 radical (unpaired) electrons. The first-order valence-electron chi connectivity index (χ1n) is 4.99. The molecule has 1 aliphatic carbocycles. The lowest BCUT2D eigenvalue weighted by atomic mass is 9.72. The summed E-state index contributed by atoms with van der Waals surface area (Å²) in [7, 11) is 0. The highest BCUT2D eigenvalue weighted by Crippen LogP contribution is 2.52. The molecule has 2 nitrogen and oxygen atoms in total. The number of carbonyl (C=O) groups excluding carboxylic acids is 1. The highest BCUT2D eigenvalue weighted by molar-refractivity contribution is 5.93. The maximum Gasteiger partial charge on any atom is 0.163 e. The van der Waals surface area contributed by atoms with Gasteiger partial charge in [0.15, 0.2) is 5.78 Å². The van der Waals surface area contributed by atoms with Gasteiger partial charge in [-0.25, -0.2) is 0 Å². The molecule has 2 aliphatic rings. The van der Waals surface area contributed by atoms with Gasteiger partial charge in [-0.05, 0) is 13.8 Å². The van der Waals surface area contributed by atoms with Crippen molar-refractivity contribution in [2.45, 2.75) is 39.7 Å². The largest absolute Gasteiger partial charge is 0.487 e. The lowest BCUT2D eigenvalue weighted by Crippen LogP contribution is -2.35. The zero-order valence-electron chi connectivity index (χ0n) is 9.18. The van der Waals surface area contributed by atoms with Crippen LogP contribution in [0.2, 0.25) is 0 Å². The van der Waals surface area contributed by atoms with Gasteiger partial charge < -0.3 is 4.74 Å². The number of rotatable bonds is 0. The summed E-state index contributed by atoms with van der Waals surface area (Å²) in [5, 5.41) is 0. The van der Waals surface area contributed by atoms with Gasteiger partial charge in [0.1, 0.15) is 11.4 Å². The van der Waals surface area contributed by atoms with Crippen molar-refractivity contribution < 1.29 is 9.53 Å². The van der Waals surface area contributed by atoms with Crippen LogP contribution < -0.4 is 0 Å². The number of allylic oxidation sites excluding steroid dienone is 3. The third kappa shape index (κ3) is 1.06. The van der Waals surface area contributed by atoms with Crippen molar-refractivity contribution >= 4 is 5.78 Å². The van der Waals surface area contributed by atoms with Gasteiger partial charge in [0.2, 0.25) is 0 Å². The standard InChI is InChI=1S/C12H16O2/c1-11(2)9-6-5-8(13)7-10(9)14-12(11,3)4/h6-7H,5H2,1-4H3. The summed E-state index contributed by atoms with van der Waals surface area (Å²) in [6, 6.07) is 0. The van der Waals surface area contributed by atoms with E-state index in [1.807, 2.05) is 6.08 Å². The summed E-state index contributed by atoms with van der Waals surface area (Å²) in [4.78, 5) is 11.2. The quantitative estimate of drug-likeness (QED) is 0.589. The van der Waals surface area contributed by atoms with Crippen LogP contribution in [0.15, 0.2) is 23.5 Å². The Kier molecular flexibility index (Phi) is 1.70. The van der Waals surface area contributed by atoms with Crippen molar-refractivity contribution in [2.75, 3.05) is 0 Å². The van der Waals surface area contributed by atoms with Crippen molar-refractivity contribution in [2.24, 2.45) is 5.41 Å². The molecule has 1 fully saturated rings. The Morgan fingerprint density at radius 2 is 1.93 bits per heavy atom. The van der Waals surface area contributed by atoms with Gasteiger partial charge in [-0.15, -0.1) is 0 Å². The van der Waals surface area contributed by atoms with E-state index in [4.69, 9.17) is 4.74 Å². The number of ether oxygens (including phenoxy) is 1. The summed E-state index contributed by atoms with van der Waals surface area (Å²) in [6.45, 7) is 8.46. The number of carbonyl (C=O) groups is 1. The lowest BCUT2D eigenvalue weighted by Gasteiger charge is -2.32. The minimum Gasteiger partial charge on any atom is -0.487 e. The van der Waals surface area contributed by atoms with E-state index in [1.54, 1.807) is 6.08 Å². The van der Waals surface area contributed by atoms with Gasteiger partial charge in [-0.1, -0.05) is 19.9 Å². The molecule has 0 aromatic heterocycles. The van der Waals surface area contributed by atoms with Gasteiger partial charge in [0.25, 0.3) is 0 Å². The molecule has 1 saturated heterocycles. The Balaban J connectivity index is 2.51. The topological polar surface area (TPSA) is 26.3 Å². The molecule has 0 amide bonds. The van der Waals surface area contributed by atoms with Crippen molar-refractivity contribution in [3.8, 4) is 0 Å². The van der Waals surface area contributed by atoms with Crippen molar-refractivity contribution in [3.63, 3.8) is 0 Å². The average Bonchev–Trinajstić information content (AvgIpc) is 2.18. The van der Waals surface area contributed by atoms with Crippen LogP contribution in [0.25, 0.3) is 0 Å². The van der Waals surface area contributed by atoms with Crippen LogP contribution in [-0.4, -0.2) is 11.4 Å². The molecule has 0 N–H and O–H groups in total. The minimum absolute atomic E-state index is 0.0144. The van der Waals surface area contributed by atoms with E-state index in [-0.39, 0.29) is 16.8 Å². The van der Waals surface area contributed by atoms with Gasteiger partial charge in [-0.2, -0.15) is 0 Å². The Morgan fingerprint density at radius 3 is 2.57 bits per heavy atom. The van der Waals surface area contributed by atoms with Crippen molar-refractivity contribution in [1.82, 2.24) is 0 Å². The number of ketones is 1. The first-order valence-corrected chi connectivity index (χ1v) is 4.99. The molecule has 0 atom stereocenters. The second kappa shape index (κ2) is 2.50. The van der Waals surface area contributed by atoms with E-state index in [9.17, 15) is 4.79 Å². The Morgan fingerprint density at radius 1 is 1.29 bits per heavy atom. The monoisotopic (exact) mass is 192 g/mol. The third-order valence-electron chi connectivity index (χ3n) is 3.61. The van der Waals surface area contributed by atoms with Crippen LogP contribution >= 0.6 is 0 Å². The molecule has 0 unspecified atom stereocenters. The van der Waals surface area contributed by atoms with Crippen molar-refractivity contribution in [1.29, 1.82) is 0 Å². The van der Waals surface area contributed by atoms with Crippen LogP contribution in [0.1, 0.15) is 34.1 Å². The normalized spacial score (nSPS) is 27.6. The fraction of sp³-hybridized carbons (Fsp3) is 0.583. The summed E-state index contributed by atoms with van der Waals surface area (Å²) in [6.07, 6.45) is 4.15. The Bertz CT molecular complexity index is 357. The summed E-state index contributed by atoms with van der Waals surface area (Å²) in [5.74, 6) is 0.911. The maximum absolute atomic E-state index is 11.2. The average molecular weight is 192 g/mol. The van der Waals surface area contributed by atoms with Crippen LogP contribution in [0.3, 0.4) is 0 Å². The van der Waals surface area contributed by atoms with Gasteiger partial charge in [-0.3, -0.25) is 4.79 Å². The van der Waals surface area contributed by atoms with Gasteiger partial charge in [0.05, 0.1) is 0 Å². The molecule has 0 saturated carbocycles. The molecule has 0 bridgehead atoms. The molecule has 14 heavy (non-hydrogen) atoms. The number of hydrogen-bond acceptors (Lipinski definition) is 2. The molecular weight excluding hydrogens is 176 g/mol. The van der Waals surface area contributed by atoms with E-state index in [0.29, 0.717) is 6.42 Å². The summed E-state index contributed by atoms with van der Waals surface area (Å²) >= 11 is 0. The van der Waals surface area contributed by atoms with Crippen LogP contribution in [0.4, 0.5) is 0 Å². The van der Waals surface area contributed by atoms with E-state index < -0.39 is 0 Å². The highest BCUT2D eigenvalue weighted by Gasteiger charge is 2.50. The molecule has 2 rings (SSSR count). The maximum atomic E-state index is 11.2. The first-order chi connectivity index (χ1) is 6.34. The predicted molar refractivity (Wildman–Crippen MR) is 54.7 cm³/mol. The fourth-order valence-electron chi connectivity index (χ4n) is 1.96. The molecule has 0 spiro atoms. The summed E-state index contributed by atoms with van der Waals surface area (Å²) in [5.41, 5.74) is 0.941. The minimum atomic E-state index is -0.227. The fourth-order valence-corrected chi connectivity index (χ4v) is 1.96. The summed E-state index contributed by atoms with van der Waals surface area (Å²) < 4.78 is 5.81. The molecule has 0 aromatic rings.